The number of likely N-dealkylation sites (tertiary alicyclic amines) is 1. The van der Waals surface area contributed by atoms with Gasteiger partial charge in [-0.15, -0.1) is 0 Å². The molecule has 2 aromatic carbocycles. The predicted molar refractivity (Wildman–Crippen MR) is 130 cm³/mol. The van der Waals surface area contributed by atoms with E-state index in [4.69, 9.17) is 4.74 Å². The number of amides is 1. The maximum atomic E-state index is 13.4. The Morgan fingerprint density at radius 3 is 2.76 bits per heavy atom. The highest BCUT2D eigenvalue weighted by Crippen LogP contribution is 2.33. The Balaban J connectivity index is 1.52. The third-order valence-corrected chi connectivity index (χ3v) is 6.39. The first-order valence-electron chi connectivity index (χ1n) is 11.6. The molecule has 4 rings (SSSR count). The van der Waals surface area contributed by atoms with Gasteiger partial charge in [0.05, 0.1) is 18.0 Å². The molecule has 33 heavy (non-hydrogen) atoms. The van der Waals surface area contributed by atoms with Crippen molar-refractivity contribution in [2.24, 2.45) is 0 Å². The van der Waals surface area contributed by atoms with Gasteiger partial charge in [0.25, 0.3) is 5.91 Å². The minimum absolute atomic E-state index is 0.00309. The topological polar surface area (TPSA) is 66.2 Å². The van der Waals surface area contributed by atoms with Crippen LogP contribution in [-0.4, -0.2) is 34.5 Å². The van der Waals surface area contributed by atoms with E-state index in [1.54, 1.807) is 6.20 Å². The Morgan fingerprint density at radius 1 is 1.18 bits per heavy atom. The van der Waals surface area contributed by atoms with E-state index in [1.807, 2.05) is 60.4 Å². The standard InChI is InChI=1S/C28H29N3O2/c1-3-23-19-22(24(14-16-29)21-9-5-4-6-10-21)15-18-31(23)28(32)20(2)33-27-13-7-12-26-25(27)11-8-17-30-26/h4-13,17,20,23H,3,14-15,18-19H2,1-2H3/b24-22-. The molecule has 0 saturated carbocycles. The third kappa shape index (κ3) is 4.90. The summed E-state index contributed by atoms with van der Waals surface area (Å²) in [6.45, 7) is 4.57. The van der Waals surface area contributed by atoms with Gasteiger partial charge in [-0.3, -0.25) is 9.78 Å². The SMILES string of the molecule is CCC1C/C(=C(/CC#N)c2ccccc2)CCN1C(=O)C(C)Oc1cccc2ncccc12. The summed E-state index contributed by atoms with van der Waals surface area (Å²) in [5.74, 6) is 0.677. The Hall–Kier alpha value is -3.65. The summed E-state index contributed by atoms with van der Waals surface area (Å²) in [6, 6.07) is 22.1. The van der Waals surface area contributed by atoms with Gasteiger partial charge in [0.2, 0.25) is 0 Å². The number of carbonyl (C=O) groups is 1. The first-order valence-corrected chi connectivity index (χ1v) is 11.6. The lowest BCUT2D eigenvalue weighted by Crippen LogP contribution is -2.49. The molecule has 2 atom stereocenters. The van der Waals surface area contributed by atoms with Crippen molar-refractivity contribution in [3.8, 4) is 11.8 Å². The molecule has 5 heteroatoms. The van der Waals surface area contributed by atoms with Crippen LogP contribution in [0.15, 0.2) is 72.4 Å². The second-order valence-corrected chi connectivity index (χ2v) is 8.42. The molecule has 0 N–H and O–H groups in total. The van der Waals surface area contributed by atoms with Gasteiger partial charge < -0.3 is 9.64 Å². The number of piperidine rings is 1. The fourth-order valence-electron chi connectivity index (χ4n) is 4.67. The first kappa shape index (κ1) is 22.5. The lowest BCUT2D eigenvalue weighted by Gasteiger charge is -2.38. The van der Waals surface area contributed by atoms with E-state index in [-0.39, 0.29) is 11.9 Å². The van der Waals surface area contributed by atoms with Gasteiger partial charge in [0, 0.05) is 24.2 Å². The Bertz CT molecular complexity index is 1190. The highest BCUT2D eigenvalue weighted by Gasteiger charge is 2.32. The van der Waals surface area contributed by atoms with Crippen LogP contribution in [0.2, 0.25) is 0 Å². The van der Waals surface area contributed by atoms with Crippen molar-refractivity contribution >= 4 is 22.4 Å². The molecule has 2 heterocycles. The molecular formula is C28H29N3O2. The summed E-state index contributed by atoms with van der Waals surface area (Å²) in [4.78, 5) is 19.7. The van der Waals surface area contributed by atoms with Crippen molar-refractivity contribution < 1.29 is 9.53 Å². The van der Waals surface area contributed by atoms with E-state index < -0.39 is 6.10 Å². The second kappa shape index (κ2) is 10.3. The normalized spacial score (nSPS) is 18.5. The van der Waals surface area contributed by atoms with E-state index >= 15 is 0 Å². The highest BCUT2D eigenvalue weighted by molar-refractivity contribution is 5.86. The zero-order chi connectivity index (χ0) is 23.2. The quantitative estimate of drug-likeness (QED) is 0.489. The van der Waals surface area contributed by atoms with E-state index in [2.05, 4.69) is 30.1 Å². The molecule has 0 spiro atoms. The number of carbonyl (C=O) groups excluding carboxylic acids is 1. The number of benzene rings is 2. The number of ether oxygens (including phenoxy) is 1. The van der Waals surface area contributed by atoms with Crippen LogP contribution in [-0.2, 0) is 4.79 Å². The van der Waals surface area contributed by atoms with Crippen LogP contribution in [0.4, 0.5) is 0 Å². The monoisotopic (exact) mass is 439 g/mol. The van der Waals surface area contributed by atoms with Gasteiger partial charge in [-0.2, -0.15) is 5.26 Å². The van der Waals surface area contributed by atoms with E-state index in [0.29, 0.717) is 18.7 Å². The number of fused-ring (bicyclic) bond motifs is 1. The first-order chi connectivity index (χ1) is 16.1. The molecule has 1 aliphatic rings. The highest BCUT2D eigenvalue weighted by atomic mass is 16.5. The Labute approximate surface area is 195 Å². The third-order valence-electron chi connectivity index (χ3n) is 6.39. The molecule has 0 radical (unpaired) electrons. The van der Waals surface area contributed by atoms with Gasteiger partial charge in [-0.1, -0.05) is 48.9 Å². The van der Waals surface area contributed by atoms with Crippen molar-refractivity contribution in [2.45, 2.75) is 51.7 Å². The lowest BCUT2D eigenvalue weighted by molar-refractivity contribution is -0.141. The summed E-state index contributed by atoms with van der Waals surface area (Å²) >= 11 is 0. The van der Waals surface area contributed by atoms with Crippen LogP contribution in [0.3, 0.4) is 0 Å². The van der Waals surface area contributed by atoms with Crippen LogP contribution in [0, 0.1) is 11.3 Å². The van der Waals surface area contributed by atoms with Crippen molar-refractivity contribution in [2.75, 3.05) is 6.54 Å². The maximum Gasteiger partial charge on any atom is 0.263 e. The molecule has 3 aromatic rings. The number of aromatic nitrogens is 1. The fraction of sp³-hybridized carbons (Fsp3) is 0.321. The molecule has 1 saturated heterocycles. The lowest BCUT2D eigenvalue weighted by atomic mass is 9.87. The zero-order valence-electron chi connectivity index (χ0n) is 19.2. The molecular weight excluding hydrogens is 410 g/mol. The minimum Gasteiger partial charge on any atom is -0.480 e. The molecule has 2 unspecified atom stereocenters. The predicted octanol–water partition coefficient (Wildman–Crippen LogP) is 5.77. The van der Waals surface area contributed by atoms with Gasteiger partial charge in [-0.25, -0.2) is 0 Å². The molecule has 168 valence electrons. The van der Waals surface area contributed by atoms with Crippen molar-refractivity contribution in [1.82, 2.24) is 9.88 Å². The molecule has 1 aliphatic heterocycles. The van der Waals surface area contributed by atoms with Gasteiger partial charge in [0.1, 0.15) is 5.75 Å². The molecule has 1 amide bonds. The fourth-order valence-corrected chi connectivity index (χ4v) is 4.67. The minimum atomic E-state index is -0.594. The average molecular weight is 440 g/mol. The second-order valence-electron chi connectivity index (χ2n) is 8.42. The van der Waals surface area contributed by atoms with Crippen molar-refractivity contribution in [3.05, 3.63) is 78.0 Å². The number of rotatable bonds is 6. The van der Waals surface area contributed by atoms with E-state index in [1.165, 1.54) is 5.57 Å². The van der Waals surface area contributed by atoms with Gasteiger partial charge in [-0.05, 0) is 61.6 Å². The number of nitrogens with zero attached hydrogens (tertiary/aromatic N) is 3. The maximum absolute atomic E-state index is 13.4. The molecule has 1 aromatic heterocycles. The van der Waals surface area contributed by atoms with Crippen molar-refractivity contribution in [3.63, 3.8) is 0 Å². The number of allylic oxidation sites excluding steroid dienone is 1. The van der Waals surface area contributed by atoms with Gasteiger partial charge >= 0.3 is 0 Å². The van der Waals surface area contributed by atoms with Crippen LogP contribution in [0.25, 0.3) is 16.5 Å². The summed E-state index contributed by atoms with van der Waals surface area (Å²) in [5.41, 5.74) is 4.34. The Morgan fingerprint density at radius 2 is 2.00 bits per heavy atom. The van der Waals surface area contributed by atoms with E-state index in [9.17, 15) is 10.1 Å². The van der Waals surface area contributed by atoms with Crippen molar-refractivity contribution in [1.29, 1.82) is 5.26 Å². The Kier molecular flexibility index (Phi) is 7.04. The average Bonchev–Trinajstić information content (AvgIpc) is 2.87. The van der Waals surface area contributed by atoms with E-state index in [0.717, 1.165) is 41.3 Å². The summed E-state index contributed by atoms with van der Waals surface area (Å²) < 4.78 is 6.13. The van der Waals surface area contributed by atoms with Crippen LogP contribution >= 0.6 is 0 Å². The number of hydrogen-bond donors (Lipinski definition) is 0. The number of pyridine rings is 1. The molecule has 0 bridgehead atoms. The number of nitriles is 1. The molecule has 1 fully saturated rings. The number of hydrogen-bond acceptors (Lipinski definition) is 4. The van der Waals surface area contributed by atoms with Crippen LogP contribution in [0.5, 0.6) is 5.75 Å². The summed E-state index contributed by atoms with van der Waals surface area (Å²) in [6.07, 6.45) is 3.97. The zero-order valence-corrected chi connectivity index (χ0v) is 19.2. The van der Waals surface area contributed by atoms with Crippen LogP contribution in [0.1, 0.15) is 45.1 Å². The summed E-state index contributed by atoms with van der Waals surface area (Å²) in [7, 11) is 0. The largest absolute Gasteiger partial charge is 0.480 e. The smallest absolute Gasteiger partial charge is 0.263 e. The molecule has 5 nitrogen and oxygen atoms in total. The summed E-state index contributed by atoms with van der Waals surface area (Å²) in [5, 5.41) is 10.3. The van der Waals surface area contributed by atoms with Gasteiger partial charge in [0.15, 0.2) is 6.10 Å². The van der Waals surface area contributed by atoms with Crippen LogP contribution < -0.4 is 4.74 Å². The molecule has 0 aliphatic carbocycles.